The minimum atomic E-state index is -4.45. The Morgan fingerprint density at radius 1 is 0.970 bits per heavy atom. The van der Waals surface area contributed by atoms with Gasteiger partial charge in [-0.15, -0.1) is 0 Å². The number of amides is 3. The normalized spacial score (nSPS) is 10.8. The summed E-state index contributed by atoms with van der Waals surface area (Å²) in [5, 5.41) is 4.91. The molecule has 172 valence electrons. The smallest absolute Gasteiger partial charge is 0.416 e. The molecule has 11 heteroatoms. The van der Waals surface area contributed by atoms with E-state index in [0.717, 1.165) is 29.8 Å². The lowest BCUT2D eigenvalue weighted by Gasteiger charge is -2.14. The van der Waals surface area contributed by atoms with Crippen LogP contribution in [-0.2, 0) is 6.18 Å². The molecule has 0 saturated heterocycles. The lowest BCUT2D eigenvalue weighted by Crippen LogP contribution is -2.33. The van der Waals surface area contributed by atoms with Gasteiger partial charge in [-0.05, 0) is 48.9 Å². The lowest BCUT2D eigenvalue weighted by molar-refractivity contribution is -0.137. The van der Waals surface area contributed by atoms with Gasteiger partial charge >= 0.3 is 12.2 Å². The third kappa shape index (κ3) is 6.35. The highest BCUT2D eigenvalue weighted by Gasteiger charge is 2.29. The van der Waals surface area contributed by atoms with Crippen LogP contribution in [-0.4, -0.2) is 24.0 Å². The van der Waals surface area contributed by atoms with E-state index in [1.165, 1.54) is 19.3 Å². The number of carbonyl (C=O) groups excluding carboxylic acids is 2. The number of carbonyl (C=O) groups is 2. The van der Waals surface area contributed by atoms with E-state index < -0.39 is 17.8 Å². The molecule has 0 saturated carbocycles. The van der Waals surface area contributed by atoms with E-state index in [4.69, 9.17) is 4.74 Å². The van der Waals surface area contributed by atoms with Gasteiger partial charge < -0.3 is 15.4 Å². The van der Waals surface area contributed by atoms with E-state index >= 15 is 0 Å². The molecule has 0 atom stereocenters. The molecular weight excluding hydrogens is 439 g/mol. The Bertz CT molecular complexity index is 1150. The zero-order valence-corrected chi connectivity index (χ0v) is 17.6. The second-order valence-corrected chi connectivity index (χ2v) is 6.82. The molecule has 2 aromatic carbocycles. The molecule has 1 aromatic heterocycles. The predicted octanol–water partition coefficient (Wildman–Crippen LogP) is 4.71. The number of rotatable bonds is 6. The van der Waals surface area contributed by atoms with E-state index in [0.29, 0.717) is 17.2 Å². The Morgan fingerprint density at radius 2 is 1.67 bits per heavy atom. The van der Waals surface area contributed by atoms with Crippen molar-refractivity contribution in [2.45, 2.75) is 13.1 Å². The number of aryl methyl sites for hydroxylation is 1. The first-order chi connectivity index (χ1) is 15.7. The number of pyridine rings is 1. The molecule has 8 nitrogen and oxygen atoms in total. The summed E-state index contributed by atoms with van der Waals surface area (Å²) in [6.07, 6.45) is -3.00. The second-order valence-electron chi connectivity index (χ2n) is 6.82. The first kappa shape index (κ1) is 23.4. The van der Waals surface area contributed by atoms with Crippen LogP contribution >= 0.6 is 0 Å². The largest absolute Gasteiger partial charge is 0.457 e. The highest BCUT2D eigenvalue weighted by atomic mass is 19.4. The molecular formula is C22H20F3N5O3. The van der Waals surface area contributed by atoms with Crippen molar-refractivity contribution in [1.82, 2.24) is 15.7 Å². The standard InChI is InChI=1S/C22H20F3N5O3/c1-13-3-6-16(11-19(13)33-17-9-10-27-18(12-17)20(31)26-2)29-30-21(32)28-15-7-4-14(5-8-15)22(23,24)25/h3-12,29H,1-2H3,(H,26,31)(H2,28,30,32). The average Bonchev–Trinajstić information content (AvgIpc) is 2.79. The fourth-order valence-corrected chi connectivity index (χ4v) is 2.68. The Morgan fingerprint density at radius 3 is 2.33 bits per heavy atom. The number of hydrazine groups is 1. The molecule has 1 heterocycles. The Kier molecular flexibility index (Phi) is 7.01. The fourth-order valence-electron chi connectivity index (χ4n) is 2.68. The highest BCUT2D eigenvalue weighted by molar-refractivity contribution is 5.92. The number of hydrogen-bond acceptors (Lipinski definition) is 5. The minimum absolute atomic E-state index is 0.194. The quantitative estimate of drug-likeness (QED) is 0.400. The number of benzene rings is 2. The van der Waals surface area contributed by atoms with E-state index in [1.54, 1.807) is 24.3 Å². The van der Waals surface area contributed by atoms with Crippen LogP contribution in [0.15, 0.2) is 60.8 Å². The van der Waals surface area contributed by atoms with Gasteiger partial charge in [-0.3, -0.25) is 20.6 Å². The maximum absolute atomic E-state index is 12.6. The lowest BCUT2D eigenvalue weighted by atomic mass is 10.2. The first-order valence-electron chi connectivity index (χ1n) is 9.62. The summed E-state index contributed by atoms with van der Waals surface area (Å²) < 4.78 is 43.7. The molecule has 0 aliphatic carbocycles. The number of aromatic nitrogens is 1. The third-order valence-corrected chi connectivity index (χ3v) is 4.40. The summed E-state index contributed by atoms with van der Waals surface area (Å²) in [7, 11) is 1.50. The van der Waals surface area contributed by atoms with Gasteiger partial charge in [-0.25, -0.2) is 4.79 Å². The zero-order chi connectivity index (χ0) is 24.0. The van der Waals surface area contributed by atoms with Gasteiger partial charge in [0, 0.05) is 31.1 Å². The van der Waals surface area contributed by atoms with Crippen molar-refractivity contribution in [3.05, 3.63) is 77.6 Å². The molecule has 0 radical (unpaired) electrons. The van der Waals surface area contributed by atoms with Crippen molar-refractivity contribution in [2.75, 3.05) is 17.8 Å². The van der Waals surface area contributed by atoms with Crippen molar-refractivity contribution < 1.29 is 27.5 Å². The van der Waals surface area contributed by atoms with Crippen LogP contribution in [0, 0.1) is 6.92 Å². The molecule has 0 aliphatic heterocycles. The number of ether oxygens (including phenoxy) is 1. The number of hydrogen-bond donors (Lipinski definition) is 4. The summed E-state index contributed by atoms with van der Waals surface area (Å²) in [5.41, 5.74) is 5.95. The number of halogens is 3. The Balaban J connectivity index is 1.61. The SMILES string of the molecule is CNC(=O)c1cc(Oc2cc(NNC(=O)Nc3ccc(C(F)(F)F)cc3)ccc2C)ccn1. The fraction of sp³-hybridized carbons (Fsp3) is 0.136. The predicted molar refractivity (Wildman–Crippen MR) is 116 cm³/mol. The van der Waals surface area contributed by atoms with Gasteiger partial charge in [0.2, 0.25) is 0 Å². The number of alkyl halides is 3. The number of nitrogens with zero attached hydrogens (tertiary/aromatic N) is 1. The van der Waals surface area contributed by atoms with Gasteiger partial charge in [-0.2, -0.15) is 13.2 Å². The molecule has 0 aliphatic rings. The molecule has 3 amide bonds. The van der Waals surface area contributed by atoms with Crippen molar-refractivity contribution in [3.8, 4) is 11.5 Å². The maximum atomic E-state index is 12.6. The highest BCUT2D eigenvalue weighted by Crippen LogP contribution is 2.30. The molecule has 0 spiro atoms. The minimum Gasteiger partial charge on any atom is -0.457 e. The van der Waals surface area contributed by atoms with Crippen LogP contribution in [0.3, 0.4) is 0 Å². The van der Waals surface area contributed by atoms with E-state index in [2.05, 4.69) is 26.5 Å². The molecule has 3 aromatic rings. The monoisotopic (exact) mass is 459 g/mol. The van der Waals surface area contributed by atoms with E-state index in [1.807, 2.05) is 6.92 Å². The van der Waals surface area contributed by atoms with Gasteiger partial charge in [-0.1, -0.05) is 6.07 Å². The summed E-state index contributed by atoms with van der Waals surface area (Å²) in [6.45, 7) is 1.82. The zero-order valence-electron chi connectivity index (χ0n) is 17.6. The number of urea groups is 1. The van der Waals surface area contributed by atoms with Crippen LogP contribution in [0.25, 0.3) is 0 Å². The van der Waals surface area contributed by atoms with E-state index in [-0.39, 0.29) is 17.3 Å². The van der Waals surface area contributed by atoms with Crippen molar-refractivity contribution >= 4 is 23.3 Å². The van der Waals surface area contributed by atoms with Crippen LogP contribution in [0.2, 0.25) is 0 Å². The maximum Gasteiger partial charge on any atom is 0.416 e. The van der Waals surface area contributed by atoms with Gasteiger partial charge in [0.15, 0.2) is 0 Å². The number of nitrogens with one attached hydrogen (secondary N) is 4. The van der Waals surface area contributed by atoms with Crippen LogP contribution in [0.4, 0.5) is 29.3 Å². The van der Waals surface area contributed by atoms with Crippen LogP contribution in [0.1, 0.15) is 21.6 Å². The summed E-state index contributed by atoms with van der Waals surface area (Å²) in [6, 6.07) is 11.6. The Hall–Kier alpha value is -4.28. The molecule has 0 bridgehead atoms. The van der Waals surface area contributed by atoms with Crippen molar-refractivity contribution in [2.24, 2.45) is 0 Å². The van der Waals surface area contributed by atoms with E-state index in [9.17, 15) is 22.8 Å². The van der Waals surface area contributed by atoms with Gasteiger partial charge in [0.05, 0.1) is 11.3 Å². The third-order valence-electron chi connectivity index (χ3n) is 4.40. The van der Waals surface area contributed by atoms with Gasteiger partial charge in [0.25, 0.3) is 5.91 Å². The van der Waals surface area contributed by atoms with Crippen molar-refractivity contribution in [1.29, 1.82) is 0 Å². The van der Waals surface area contributed by atoms with Crippen LogP contribution in [0.5, 0.6) is 11.5 Å². The molecule has 33 heavy (non-hydrogen) atoms. The summed E-state index contributed by atoms with van der Waals surface area (Å²) >= 11 is 0. The molecule has 4 N–H and O–H groups in total. The average molecular weight is 459 g/mol. The molecule has 3 rings (SSSR count). The topological polar surface area (TPSA) is 104 Å². The molecule has 0 fully saturated rings. The molecule has 0 unspecified atom stereocenters. The second kappa shape index (κ2) is 9.90. The summed E-state index contributed by atoms with van der Waals surface area (Å²) in [4.78, 5) is 27.8. The number of anilines is 2. The van der Waals surface area contributed by atoms with Gasteiger partial charge in [0.1, 0.15) is 17.2 Å². The Labute approximate surface area is 187 Å². The first-order valence-corrected chi connectivity index (χ1v) is 9.62. The summed E-state index contributed by atoms with van der Waals surface area (Å²) in [5.74, 6) is 0.520. The van der Waals surface area contributed by atoms with Crippen molar-refractivity contribution in [3.63, 3.8) is 0 Å². The van der Waals surface area contributed by atoms with Crippen LogP contribution < -0.4 is 26.2 Å².